The molecule has 108 valence electrons. The predicted molar refractivity (Wildman–Crippen MR) is 81.8 cm³/mol. The standard InChI is InChI=1S/C15H18FNO2S/c1-10-11(2)20-9-8-17(10)14-5-3-4-13(16)12(14)6-7-15(18)19/h3-7,10-11H,8-9H2,1-2H3,(H,18,19)/b7-6+. The Labute approximate surface area is 122 Å². The summed E-state index contributed by atoms with van der Waals surface area (Å²) in [6, 6.07) is 5.16. The average molecular weight is 295 g/mol. The van der Waals surface area contributed by atoms with Crippen LogP contribution in [-0.2, 0) is 4.79 Å². The summed E-state index contributed by atoms with van der Waals surface area (Å²) in [5, 5.41) is 9.20. The van der Waals surface area contributed by atoms with Crippen molar-refractivity contribution in [1.29, 1.82) is 0 Å². The van der Waals surface area contributed by atoms with Crippen molar-refractivity contribution in [1.82, 2.24) is 0 Å². The first-order valence-electron chi connectivity index (χ1n) is 6.58. The fourth-order valence-electron chi connectivity index (χ4n) is 2.37. The van der Waals surface area contributed by atoms with E-state index in [1.165, 1.54) is 12.1 Å². The minimum absolute atomic E-state index is 0.285. The van der Waals surface area contributed by atoms with E-state index in [9.17, 15) is 9.18 Å². The lowest BCUT2D eigenvalue weighted by molar-refractivity contribution is -0.131. The van der Waals surface area contributed by atoms with Gasteiger partial charge >= 0.3 is 5.97 Å². The van der Waals surface area contributed by atoms with Crippen LogP contribution in [0, 0.1) is 5.82 Å². The van der Waals surface area contributed by atoms with E-state index in [0.717, 1.165) is 24.1 Å². The molecule has 0 aromatic heterocycles. The molecule has 0 spiro atoms. The van der Waals surface area contributed by atoms with Gasteiger partial charge in [-0.25, -0.2) is 9.18 Å². The zero-order valence-corrected chi connectivity index (χ0v) is 12.4. The van der Waals surface area contributed by atoms with Gasteiger partial charge in [0.15, 0.2) is 0 Å². The van der Waals surface area contributed by atoms with Crippen LogP contribution in [0.3, 0.4) is 0 Å². The molecule has 1 aromatic rings. The molecule has 1 heterocycles. The molecule has 3 nitrogen and oxygen atoms in total. The van der Waals surface area contributed by atoms with Crippen LogP contribution in [0.5, 0.6) is 0 Å². The van der Waals surface area contributed by atoms with Crippen LogP contribution < -0.4 is 4.90 Å². The first-order valence-corrected chi connectivity index (χ1v) is 7.63. The summed E-state index contributed by atoms with van der Waals surface area (Å²) in [5.74, 6) is -0.475. The van der Waals surface area contributed by atoms with E-state index in [4.69, 9.17) is 5.11 Å². The van der Waals surface area contributed by atoms with Gasteiger partial charge in [0, 0.05) is 40.9 Å². The molecule has 2 rings (SSSR count). The van der Waals surface area contributed by atoms with Crippen molar-refractivity contribution in [2.75, 3.05) is 17.2 Å². The average Bonchev–Trinajstić information content (AvgIpc) is 2.40. The molecule has 0 bridgehead atoms. The van der Waals surface area contributed by atoms with Crippen molar-refractivity contribution in [3.05, 3.63) is 35.7 Å². The Kier molecular flexibility index (Phi) is 4.70. The van der Waals surface area contributed by atoms with Crippen LogP contribution in [0.1, 0.15) is 19.4 Å². The first kappa shape index (κ1) is 14.9. The molecule has 5 heteroatoms. The molecule has 1 fully saturated rings. The number of nitrogens with zero attached hydrogens (tertiary/aromatic N) is 1. The fourth-order valence-corrected chi connectivity index (χ4v) is 3.47. The molecule has 1 saturated heterocycles. The second-order valence-electron chi connectivity index (χ2n) is 4.85. The van der Waals surface area contributed by atoms with Crippen LogP contribution in [0.2, 0.25) is 0 Å². The summed E-state index contributed by atoms with van der Waals surface area (Å²) in [6.45, 7) is 5.12. The highest BCUT2D eigenvalue weighted by atomic mass is 32.2. The number of hydrogen-bond donors (Lipinski definition) is 1. The predicted octanol–water partition coefficient (Wildman–Crippen LogP) is 3.25. The van der Waals surface area contributed by atoms with E-state index in [0.29, 0.717) is 10.8 Å². The molecule has 20 heavy (non-hydrogen) atoms. The Morgan fingerprint density at radius 3 is 2.95 bits per heavy atom. The van der Waals surface area contributed by atoms with Crippen LogP contribution >= 0.6 is 11.8 Å². The molecular formula is C15H18FNO2S. The summed E-state index contributed by atoms with van der Waals surface area (Å²) in [4.78, 5) is 12.8. The maximum absolute atomic E-state index is 14.0. The number of halogens is 1. The van der Waals surface area contributed by atoms with Gasteiger partial charge in [-0.05, 0) is 25.1 Å². The van der Waals surface area contributed by atoms with Gasteiger partial charge in [0.25, 0.3) is 0 Å². The van der Waals surface area contributed by atoms with Gasteiger partial charge in [0.05, 0.1) is 0 Å². The van der Waals surface area contributed by atoms with Gasteiger partial charge < -0.3 is 10.0 Å². The second-order valence-corrected chi connectivity index (χ2v) is 6.34. The van der Waals surface area contributed by atoms with Gasteiger partial charge in [0.1, 0.15) is 5.82 Å². The number of carboxylic acid groups (broad SMARTS) is 1. The third-order valence-electron chi connectivity index (χ3n) is 3.62. The van der Waals surface area contributed by atoms with E-state index in [1.807, 2.05) is 17.8 Å². The van der Waals surface area contributed by atoms with Crippen molar-refractivity contribution >= 4 is 29.5 Å². The number of rotatable bonds is 3. The monoisotopic (exact) mass is 295 g/mol. The summed E-state index contributed by atoms with van der Waals surface area (Å²) in [7, 11) is 0. The zero-order chi connectivity index (χ0) is 14.7. The topological polar surface area (TPSA) is 40.5 Å². The number of anilines is 1. The quantitative estimate of drug-likeness (QED) is 0.869. The Morgan fingerprint density at radius 1 is 1.50 bits per heavy atom. The zero-order valence-electron chi connectivity index (χ0n) is 11.5. The maximum Gasteiger partial charge on any atom is 0.328 e. The molecular weight excluding hydrogens is 277 g/mol. The van der Waals surface area contributed by atoms with Crippen LogP contribution in [0.15, 0.2) is 24.3 Å². The maximum atomic E-state index is 14.0. The smallest absolute Gasteiger partial charge is 0.328 e. The van der Waals surface area contributed by atoms with E-state index in [-0.39, 0.29) is 6.04 Å². The normalized spacial score (nSPS) is 23.2. The highest BCUT2D eigenvalue weighted by Gasteiger charge is 2.27. The van der Waals surface area contributed by atoms with Gasteiger partial charge in [-0.15, -0.1) is 0 Å². The summed E-state index contributed by atoms with van der Waals surface area (Å²) in [6.07, 6.45) is 2.32. The number of aliphatic carboxylic acids is 1. The van der Waals surface area contributed by atoms with Gasteiger partial charge in [-0.2, -0.15) is 11.8 Å². The van der Waals surface area contributed by atoms with Gasteiger partial charge in [0.2, 0.25) is 0 Å². The van der Waals surface area contributed by atoms with E-state index >= 15 is 0 Å². The first-order chi connectivity index (χ1) is 9.50. The Bertz CT molecular complexity index is 533. The van der Waals surface area contributed by atoms with Gasteiger partial charge in [-0.1, -0.05) is 13.0 Å². The summed E-state index contributed by atoms with van der Waals surface area (Å²) >= 11 is 1.91. The molecule has 1 aromatic carbocycles. The Hall–Kier alpha value is -1.49. The minimum Gasteiger partial charge on any atom is -0.478 e. The molecule has 0 saturated carbocycles. The molecule has 1 aliphatic rings. The van der Waals surface area contributed by atoms with E-state index in [2.05, 4.69) is 18.7 Å². The number of carbonyl (C=O) groups is 1. The van der Waals surface area contributed by atoms with Crippen molar-refractivity contribution in [3.63, 3.8) is 0 Å². The summed E-state index contributed by atoms with van der Waals surface area (Å²) < 4.78 is 14.0. The van der Waals surface area contributed by atoms with Crippen LogP contribution in [0.4, 0.5) is 10.1 Å². The van der Waals surface area contributed by atoms with Crippen molar-refractivity contribution in [2.45, 2.75) is 25.1 Å². The molecule has 2 atom stereocenters. The molecule has 0 radical (unpaired) electrons. The fraction of sp³-hybridized carbons (Fsp3) is 0.400. The van der Waals surface area contributed by atoms with Crippen LogP contribution in [-0.4, -0.2) is 34.7 Å². The number of hydrogen-bond acceptors (Lipinski definition) is 3. The lowest BCUT2D eigenvalue weighted by atomic mass is 10.1. The number of benzene rings is 1. The third-order valence-corrected chi connectivity index (χ3v) is 4.95. The lowest BCUT2D eigenvalue weighted by Gasteiger charge is -2.40. The van der Waals surface area contributed by atoms with E-state index < -0.39 is 11.8 Å². The van der Waals surface area contributed by atoms with Crippen molar-refractivity contribution in [2.24, 2.45) is 0 Å². The number of carboxylic acids is 1. The highest BCUT2D eigenvalue weighted by molar-refractivity contribution is 8.00. The second kappa shape index (κ2) is 6.31. The third kappa shape index (κ3) is 3.15. The minimum atomic E-state index is -1.07. The molecule has 1 aliphatic heterocycles. The number of thioether (sulfide) groups is 1. The SMILES string of the molecule is CC1SCCN(c2cccc(F)c2/C=C/C(=O)O)C1C. The molecule has 2 unspecified atom stereocenters. The van der Waals surface area contributed by atoms with Gasteiger partial charge in [-0.3, -0.25) is 0 Å². The molecule has 1 N–H and O–H groups in total. The molecule has 0 aliphatic carbocycles. The lowest BCUT2D eigenvalue weighted by Crippen LogP contribution is -2.45. The summed E-state index contributed by atoms with van der Waals surface area (Å²) in [5.41, 5.74) is 1.11. The highest BCUT2D eigenvalue weighted by Crippen LogP contribution is 2.32. The van der Waals surface area contributed by atoms with E-state index in [1.54, 1.807) is 6.07 Å². The Balaban J connectivity index is 2.40. The van der Waals surface area contributed by atoms with Crippen molar-refractivity contribution < 1.29 is 14.3 Å². The van der Waals surface area contributed by atoms with Crippen LogP contribution in [0.25, 0.3) is 6.08 Å². The Morgan fingerprint density at radius 2 is 2.25 bits per heavy atom. The largest absolute Gasteiger partial charge is 0.478 e. The van der Waals surface area contributed by atoms with Crippen molar-refractivity contribution in [3.8, 4) is 0 Å². The molecule has 0 amide bonds.